The minimum absolute atomic E-state index is 0.149. The molecule has 0 bridgehead atoms. The molecule has 34 heavy (non-hydrogen) atoms. The zero-order valence-corrected chi connectivity index (χ0v) is 19.2. The van der Waals surface area contributed by atoms with Gasteiger partial charge in [-0.15, -0.1) is 0 Å². The van der Waals surface area contributed by atoms with Crippen LogP contribution in [0.5, 0.6) is 0 Å². The fourth-order valence-corrected chi connectivity index (χ4v) is 5.26. The summed E-state index contributed by atoms with van der Waals surface area (Å²) in [7, 11) is 0. The third-order valence-electron chi connectivity index (χ3n) is 7.15. The van der Waals surface area contributed by atoms with Crippen molar-refractivity contribution in [3.05, 3.63) is 113 Å². The molecule has 3 aromatic rings. The second-order valence-electron chi connectivity index (χ2n) is 9.32. The lowest BCUT2D eigenvalue weighted by Gasteiger charge is -2.38. The van der Waals surface area contributed by atoms with Gasteiger partial charge in [0.2, 0.25) is 0 Å². The summed E-state index contributed by atoms with van der Waals surface area (Å²) < 4.78 is 13.7. The predicted octanol–water partition coefficient (Wildman–Crippen LogP) is 5.86. The van der Waals surface area contributed by atoms with E-state index in [4.69, 9.17) is 5.10 Å². The van der Waals surface area contributed by atoms with Crippen LogP contribution in [0.4, 0.5) is 4.39 Å². The minimum Gasteiger partial charge on any atom is -0.302 e. The smallest absolute Gasteiger partial charge is 0.123 e. The molecule has 1 aromatic heterocycles. The number of aromatic amines is 1. The van der Waals surface area contributed by atoms with Crippen LogP contribution in [-0.2, 0) is 6.42 Å². The Kier molecular flexibility index (Phi) is 6.69. The number of piperidine rings is 1. The zero-order valence-electron chi connectivity index (χ0n) is 19.2. The Balaban J connectivity index is 1.35. The average molecular weight is 453 g/mol. The van der Waals surface area contributed by atoms with E-state index in [1.165, 1.54) is 5.56 Å². The number of nitrogens with zero attached hydrogens (tertiary/aromatic N) is 3. The van der Waals surface area contributed by atoms with Gasteiger partial charge in [0.1, 0.15) is 5.82 Å². The number of allylic oxidation sites excluding steroid dienone is 4. The molecule has 0 spiro atoms. The highest BCUT2D eigenvalue weighted by atomic mass is 19.1. The third-order valence-corrected chi connectivity index (χ3v) is 7.15. The van der Waals surface area contributed by atoms with Crippen LogP contribution in [0.15, 0.2) is 84.5 Å². The van der Waals surface area contributed by atoms with Crippen LogP contribution in [0.1, 0.15) is 53.1 Å². The largest absolute Gasteiger partial charge is 0.302 e. The van der Waals surface area contributed by atoms with Gasteiger partial charge in [-0.2, -0.15) is 10.4 Å². The summed E-state index contributed by atoms with van der Waals surface area (Å²) in [4.78, 5) is 2.53. The van der Waals surface area contributed by atoms with Gasteiger partial charge in [0.25, 0.3) is 0 Å². The number of aromatic nitrogens is 2. The number of H-pyrrole nitrogens is 1. The molecule has 4 nitrogen and oxygen atoms in total. The van der Waals surface area contributed by atoms with Gasteiger partial charge in [0, 0.05) is 42.1 Å². The Bertz CT molecular complexity index is 1200. The predicted molar refractivity (Wildman–Crippen MR) is 132 cm³/mol. The highest BCUT2D eigenvalue weighted by Crippen LogP contribution is 2.40. The lowest BCUT2D eigenvalue weighted by molar-refractivity contribution is 0.189. The van der Waals surface area contributed by atoms with Crippen LogP contribution in [-0.4, -0.2) is 34.7 Å². The molecule has 0 radical (unpaired) electrons. The van der Waals surface area contributed by atoms with E-state index >= 15 is 0 Å². The standard InChI is InChI=1S/C29H29FN4/c30-25-11-9-23(10-12-25)27-20-34(15-13-21-5-2-1-3-6-21)16-14-26(27)29-18-28(32-33-29)24-8-4-7-22(17-24)19-31/h1-7,9-12,17-18,24,26-27H,8,13-16,20H2,(H,32,33). The summed E-state index contributed by atoms with van der Waals surface area (Å²) in [6.07, 6.45) is 8.84. The van der Waals surface area contributed by atoms with Gasteiger partial charge < -0.3 is 4.90 Å². The first-order valence-electron chi connectivity index (χ1n) is 12.0. The van der Waals surface area contributed by atoms with E-state index in [0.717, 1.165) is 55.8 Å². The Morgan fingerprint density at radius 1 is 1.09 bits per heavy atom. The van der Waals surface area contributed by atoms with Crippen molar-refractivity contribution in [3.63, 3.8) is 0 Å². The molecule has 3 atom stereocenters. The number of hydrogen-bond acceptors (Lipinski definition) is 3. The topological polar surface area (TPSA) is 55.7 Å². The third kappa shape index (κ3) is 5.03. The molecular weight excluding hydrogens is 423 g/mol. The molecule has 172 valence electrons. The molecule has 0 saturated carbocycles. The number of rotatable bonds is 6. The van der Waals surface area contributed by atoms with Crippen LogP contribution < -0.4 is 0 Å². The second kappa shape index (κ2) is 10.2. The molecule has 1 aliphatic carbocycles. The van der Waals surface area contributed by atoms with E-state index in [9.17, 15) is 9.65 Å². The van der Waals surface area contributed by atoms with E-state index in [1.807, 2.05) is 24.3 Å². The molecule has 1 N–H and O–H groups in total. The number of nitriles is 1. The minimum atomic E-state index is -0.204. The maximum Gasteiger partial charge on any atom is 0.123 e. The molecule has 5 rings (SSSR count). The molecule has 1 aliphatic heterocycles. The normalized spacial score (nSPS) is 22.8. The van der Waals surface area contributed by atoms with E-state index < -0.39 is 0 Å². The van der Waals surface area contributed by atoms with Gasteiger partial charge in [0.05, 0.1) is 11.8 Å². The van der Waals surface area contributed by atoms with Crippen LogP contribution in [0.3, 0.4) is 0 Å². The van der Waals surface area contributed by atoms with E-state index in [0.29, 0.717) is 5.57 Å². The Morgan fingerprint density at radius 2 is 1.91 bits per heavy atom. The summed E-state index contributed by atoms with van der Waals surface area (Å²) in [6.45, 7) is 2.95. The molecule has 2 aromatic carbocycles. The monoisotopic (exact) mass is 452 g/mol. The van der Waals surface area contributed by atoms with Gasteiger partial charge in [-0.3, -0.25) is 5.10 Å². The van der Waals surface area contributed by atoms with Gasteiger partial charge in [-0.1, -0.05) is 54.6 Å². The summed E-state index contributed by atoms with van der Waals surface area (Å²) in [5.74, 6) is 0.459. The Hall–Kier alpha value is -3.49. The number of nitrogens with one attached hydrogen (secondary N) is 1. The molecule has 2 aliphatic rings. The molecule has 1 saturated heterocycles. The summed E-state index contributed by atoms with van der Waals surface area (Å²) in [5.41, 5.74) is 5.33. The van der Waals surface area contributed by atoms with Crippen LogP contribution >= 0.6 is 0 Å². The van der Waals surface area contributed by atoms with Crippen LogP contribution in [0.2, 0.25) is 0 Å². The fraction of sp³-hybridized carbons (Fsp3) is 0.310. The number of likely N-dealkylation sites (tertiary alicyclic amines) is 1. The molecule has 1 fully saturated rings. The Morgan fingerprint density at radius 3 is 2.71 bits per heavy atom. The molecule has 2 heterocycles. The highest BCUT2D eigenvalue weighted by Gasteiger charge is 2.33. The van der Waals surface area contributed by atoms with Gasteiger partial charge in [0.15, 0.2) is 0 Å². The first-order chi connectivity index (χ1) is 16.7. The van der Waals surface area contributed by atoms with Crippen molar-refractivity contribution in [2.45, 2.75) is 37.0 Å². The lowest BCUT2D eigenvalue weighted by atomic mass is 9.78. The maximum absolute atomic E-state index is 13.7. The highest BCUT2D eigenvalue weighted by molar-refractivity contribution is 5.40. The Labute approximate surface area is 200 Å². The zero-order chi connectivity index (χ0) is 23.3. The quantitative estimate of drug-likeness (QED) is 0.510. The van der Waals surface area contributed by atoms with E-state index in [-0.39, 0.29) is 23.6 Å². The lowest BCUT2D eigenvalue weighted by Crippen LogP contribution is -2.39. The maximum atomic E-state index is 13.7. The van der Waals surface area contributed by atoms with Gasteiger partial charge >= 0.3 is 0 Å². The molecule has 0 amide bonds. The average Bonchev–Trinajstić information content (AvgIpc) is 3.39. The molecular formula is C29H29FN4. The van der Waals surface area contributed by atoms with Crippen molar-refractivity contribution in [1.82, 2.24) is 15.1 Å². The SMILES string of the molecule is N#CC1=CC(c2cc(C3CCN(CCc4ccccc4)CC3c3ccc(F)cc3)n[nH]2)CC=C1. The van der Waals surface area contributed by atoms with Crippen LogP contribution in [0.25, 0.3) is 0 Å². The number of hydrogen-bond donors (Lipinski definition) is 1. The number of benzene rings is 2. The first-order valence-corrected chi connectivity index (χ1v) is 12.0. The van der Waals surface area contributed by atoms with Crippen molar-refractivity contribution in [1.29, 1.82) is 5.26 Å². The summed E-state index contributed by atoms with van der Waals surface area (Å²) >= 11 is 0. The molecule has 5 heteroatoms. The van der Waals surface area contributed by atoms with Crippen molar-refractivity contribution in [3.8, 4) is 6.07 Å². The van der Waals surface area contributed by atoms with Crippen molar-refractivity contribution >= 4 is 0 Å². The second-order valence-corrected chi connectivity index (χ2v) is 9.32. The number of halogens is 1. The van der Waals surface area contributed by atoms with Gasteiger partial charge in [-0.25, -0.2) is 4.39 Å². The van der Waals surface area contributed by atoms with E-state index in [2.05, 4.69) is 58.5 Å². The summed E-state index contributed by atoms with van der Waals surface area (Å²) in [5, 5.41) is 17.2. The van der Waals surface area contributed by atoms with Gasteiger partial charge in [-0.05, 0) is 61.2 Å². The first kappa shape index (κ1) is 22.3. The van der Waals surface area contributed by atoms with Crippen LogP contribution in [0, 0.1) is 17.1 Å². The van der Waals surface area contributed by atoms with Crippen molar-refractivity contribution in [2.24, 2.45) is 0 Å². The van der Waals surface area contributed by atoms with Crippen molar-refractivity contribution < 1.29 is 4.39 Å². The van der Waals surface area contributed by atoms with Crippen molar-refractivity contribution in [2.75, 3.05) is 19.6 Å². The molecule has 3 unspecified atom stereocenters. The van der Waals surface area contributed by atoms with E-state index in [1.54, 1.807) is 12.1 Å². The fourth-order valence-electron chi connectivity index (χ4n) is 5.26. The summed E-state index contributed by atoms with van der Waals surface area (Å²) in [6, 6.07) is 22.0.